The minimum Gasteiger partial charge on any atom is -0.480 e. The van der Waals surface area contributed by atoms with Gasteiger partial charge in [-0.2, -0.15) is 13.2 Å². The summed E-state index contributed by atoms with van der Waals surface area (Å²) < 4.78 is 36.4. The van der Waals surface area contributed by atoms with Crippen LogP contribution in [0.15, 0.2) is 0 Å². The van der Waals surface area contributed by atoms with Crippen LogP contribution in [-0.4, -0.2) is 29.3 Å². The molecule has 1 rings (SSSR count). The van der Waals surface area contributed by atoms with E-state index < -0.39 is 24.2 Å². The zero-order valence-corrected chi connectivity index (χ0v) is 9.10. The summed E-state index contributed by atoms with van der Waals surface area (Å²) in [4.78, 5) is 11.2. The second-order valence-corrected chi connectivity index (χ2v) is 4.24. The Morgan fingerprint density at radius 3 is 2.62 bits per heavy atom. The zero-order valence-electron chi connectivity index (χ0n) is 9.10. The second kappa shape index (κ2) is 4.61. The molecule has 0 aromatic rings. The highest BCUT2D eigenvalue weighted by Crippen LogP contribution is 2.38. The van der Waals surface area contributed by atoms with Crippen LogP contribution in [0.1, 0.15) is 32.6 Å². The molecule has 6 heteroatoms. The van der Waals surface area contributed by atoms with Crippen molar-refractivity contribution in [1.29, 1.82) is 0 Å². The number of nitrogens with one attached hydrogen (secondary N) is 1. The number of halogens is 3. The van der Waals surface area contributed by atoms with E-state index in [2.05, 4.69) is 5.32 Å². The summed E-state index contributed by atoms with van der Waals surface area (Å²) in [6.45, 7) is 0.568. The first-order chi connectivity index (χ1) is 7.32. The van der Waals surface area contributed by atoms with Crippen molar-refractivity contribution in [2.24, 2.45) is 5.92 Å². The van der Waals surface area contributed by atoms with Crippen molar-refractivity contribution in [2.45, 2.75) is 44.3 Å². The predicted molar refractivity (Wildman–Crippen MR) is 52.1 cm³/mol. The lowest BCUT2D eigenvalue weighted by Crippen LogP contribution is -2.57. The van der Waals surface area contributed by atoms with Crippen LogP contribution in [0.25, 0.3) is 0 Å². The average molecular weight is 239 g/mol. The molecule has 1 fully saturated rings. The Bertz CT molecular complexity index is 267. The van der Waals surface area contributed by atoms with Crippen molar-refractivity contribution in [3.05, 3.63) is 0 Å². The van der Waals surface area contributed by atoms with Crippen molar-refractivity contribution >= 4 is 5.97 Å². The first-order valence-electron chi connectivity index (χ1n) is 5.37. The van der Waals surface area contributed by atoms with Crippen LogP contribution in [-0.2, 0) is 4.79 Å². The van der Waals surface area contributed by atoms with Crippen molar-refractivity contribution in [3.8, 4) is 0 Å². The van der Waals surface area contributed by atoms with Crippen LogP contribution in [0.5, 0.6) is 0 Å². The van der Waals surface area contributed by atoms with Gasteiger partial charge in [0.05, 0.1) is 6.54 Å². The summed E-state index contributed by atoms with van der Waals surface area (Å²) in [5.74, 6) is -1.38. The van der Waals surface area contributed by atoms with Gasteiger partial charge in [0.2, 0.25) is 0 Å². The van der Waals surface area contributed by atoms with Crippen LogP contribution in [0.2, 0.25) is 0 Å². The molecule has 1 aliphatic rings. The van der Waals surface area contributed by atoms with Gasteiger partial charge in [0, 0.05) is 0 Å². The highest BCUT2D eigenvalue weighted by molar-refractivity contribution is 5.79. The van der Waals surface area contributed by atoms with Gasteiger partial charge in [0.15, 0.2) is 0 Å². The summed E-state index contributed by atoms with van der Waals surface area (Å²) in [5.41, 5.74) is -1.38. The molecule has 0 saturated heterocycles. The number of hydrogen-bond donors (Lipinski definition) is 2. The van der Waals surface area contributed by atoms with E-state index in [9.17, 15) is 18.0 Å². The SMILES string of the molecule is CCC1CCCC1(NCC(F)(F)F)C(=O)O. The van der Waals surface area contributed by atoms with E-state index in [0.717, 1.165) is 0 Å². The molecule has 2 unspecified atom stereocenters. The number of carbonyl (C=O) groups is 1. The molecule has 94 valence electrons. The molecule has 2 atom stereocenters. The molecule has 0 aliphatic heterocycles. The predicted octanol–water partition coefficient (Wildman–Crippen LogP) is 2.17. The van der Waals surface area contributed by atoms with Crippen LogP contribution < -0.4 is 5.32 Å². The Balaban J connectivity index is 2.77. The third-order valence-corrected chi connectivity index (χ3v) is 3.30. The van der Waals surface area contributed by atoms with Gasteiger partial charge >= 0.3 is 12.1 Å². The average Bonchev–Trinajstić information content (AvgIpc) is 2.57. The van der Waals surface area contributed by atoms with Crippen LogP contribution >= 0.6 is 0 Å². The number of aliphatic carboxylic acids is 1. The van der Waals surface area contributed by atoms with Crippen molar-refractivity contribution in [1.82, 2.24) is 5.32 Å². The van der Waals surface area contributed by atoms with E-state index in [4.69, 9.17) is 5.11 Å². The van der Waals surface area contributed by atoms with Crippen molar-refractivity contribution in [3.63, 3.8) is 0 Å². The van der Waals surface area contributed by atoms with Crippen molar-refractivity contribution in [2.75, 3.05) is 6.54 Å². The Hall–Kier alpha value is -0.780. The van der Waals surface area contributed by atoms with Crippen LogP contribution in [0.3, 0.4) is 0 Å². The van der Waals surface area contributed by atoms with Crippen molar-refractivity contribution < 1.29 is 23.1 Å². The van der Waals surface area contributed by atoms with Gasteiger partial charge < -0.3 is 5.11 Å². The summed E-state index contributed by atoms with van der Waals surface area (Å²) in [7, 11) is 0. The largest absolute Gasteiger partial charge is 0.480 e. The molecule has 0 aromatic heterocycles. The summed E-state index contributed by atoms with van der Waals surface area (Å²) in [6.07, 6.45) is -2.18. The Morgan fingerprint density at radius 1 is 1.56 bits per heavy atom. The number of rotatable bonds is 4. The highest BCUT2D eigenvalue weighted by atomic mass is 19.4. The monoisotopic (exact) mass is 239 g/mol. The fourth-order valence-electron chi connectivity index (χ4n) is 2.48. The third-order valence-electron chi connectivity index (χ3n) is 3.30. The van der Waals surface area contributed by atoms with E-state index in [1.54, 1.807) is 0 Å². The fraction of sp³-hybridized carbons (Fsp3) is 0.900. The first kappa shape index (κ1) is 13.3. The highest BCUT2D eigenvalue weighted by Gasteiger charge is 2.49. The van der Waals surface area contributed by atoms with E-state index in [1.165, 1.54) is 0 Å². The quantitative estimate of drug-likeness (QED) is 0.790. The molecule has 1 saturated carbocycles. The maximum absolute atomic E-state index is 12.1. The maximum Gasteiger partial charge on any atom is 0.401 e. The van der Waals surface area contributed by atoms with Gasteiger partial charge in [-0.15, -0.1) is 0 Å². The number of hydrogen-bond acceptors (Lipinski definition) is 2. The first-order valence-corrected chi connectivity index (χ1v) is 5.37. The summed E-state index contributed by atoms with van der Waals surface area (Å²) >= 11 is 0. The molecule has 0 radical (unpaired) electrons. The van der Waals surface area contributed by atoms with E-state index in [1.807, 2.05) is 6.92 Å². The van der Waals surface area contributed by atoms with E-state index in [-0.39, 0.29) is 12.3 Å². The normalized spacial score (nSPS) is 30.6. The Kier molecular flexibility index (Phi) is 3.83. The zero-order chi connectivity index (χ0) is 12.4. The van der Waals surface area contributed by atoms with Gasteiger partial charge in [0.1, 0.15) is 5.54 Å². The molecular formula is C10H16F3NO2. The standard InChI is InChI=1S/C10H16F3NO2/c1-2-7-4-3-5-9(7,8(15)16)14-6-10(11,12)13/h7,14H,2-6H2,1H3,(H,15,16). The van der Waals surface area contributed by atoms with Crippen LogP contribution in [0.4, 0.5) is 13.2 Å². The second-order valence-electron chi connectivity index (χ2n) is 4.24. The minimum absolute atomic E-state index is 0.215. The molecule has 3 nitrogen and oxygen atoms in total. The molecule has 16 heavy (non-hydrogen) atoms. The van der Waals surface area contributed by atoms with Gasteiger partial charge in [-0.1, -0.05) is 19.8 Å². The molecule has 0 bridgehead atoms. The molecular weight excluding hydrogens is 223 g/mol. The molecule has 0 heterocycles. The van der Waals surface area contributed by atoms with Gasteiger partial charge in [0.25, 0.3) is 0 Å². The molecule has 2 N–H and O–H groups in total. The van der Waals surface area contributed by atoms with Gasteiger partial charge in [-0.05, 0) is 18.8 Å². The fourth-order valence-corrected chi connectivity index (χ4v) is 2.48. The number of alkyl halides is 3. The van der Waals surface area contributed by atoms with Crippen LogP contribution in [0, 0.1) is 5.92 Å². The lowest BCUT2D eigenvalue weighted by molar-refractivity contribution is -0.152. The minimum atomic E-state index is -4.37. The number of carboxylic acid groups (broad SMARTS) is 1. The third kappa shape index (κ3) is 2.66. The Morgan fingerprint density at radius 2 is 2.19 bits per heavy atom. The summed E-state index contributed by atoms with van der Waals surface area (Å²) in [5, 5.41) is 11.3. The maximum atomic E-state index is 12.1. The van der Waals surface area contributed by atoms with Gasteiger partial charge in [-0.3, -0.25) is 10.1 Å². The molecule has 0 spiro atoms. The molecule has 1 aliphatic carbocycles. The summed E-state index contributed by atoms with van der Waals surface area (Å²) in [6, 6.07) is 0. The van der Waals surface area contributed by atoms with E-state index in [0.29, 0.717) is 19.3 Å². The smallest absolute Gasteiger partial charge is 0.401 e. The van der Waals surface area contributed by atoms with E-state index >= 15 is 0 Å². The lowest BCUT2D eigenvalue weighted by atomic mass is 9.85. The molecule has 0 aromatic carbocycles. The number of carboxylic acids is 1. The van der Waals surface area contributed by atoms with Gasteiger partial charge in [-0.25, -0.2) is 0 Å². The Labute approximate surface area is 92.0 Å². The molecule has 0 amide bonds. The topological polar surface area (TPSA) is 49.3 Å². The lowest BCUT2D eigenvalue weighted by Gasteiger charge is -2.32.